The minimum Gasteiger partial charge on any atom is -0.380 e. The van der Waals surface area contributed by atoms with E-state index in [9.17, 15) is 0 Å². The molecule has 9 aliphatic heterocycles. The summed E-state index contributed by atoms with van der Waals surface area (Å²) in [6.07, 6.45) is 14.3. The summed E-state index contributed by atoms with van der Waals surface area (Å²) in [5.41, 5.74) is 10.0. The number of hydrogen-bond donors (Lipinski definition) is 0. The molecular weight excluding hydrogens is 1350 g/mol. The van der Waals surface area contributed by atoms with Gasteiger partial charge in [0.2, 0.25) is 0 Å². The first-order chi connectivity index (χ1) is 52.1. The monoisotopic (exact) mass is 1490 g/mol. The van der Waals surface area contributed by atoms with Crippen molar-refractivity contribution in [1.82, 2.24) is 0 Å². The molecule has 1 saturated carbocycles. The molecule has 0 N–H and O–H groups in total. The average molecular weight is 1490 g/mol. The number of benzene rings is 4. The first-order valence-corrected chi connectivity index (χ1v) is 41.2. The van der Waals surface area contributed by atoms with Crippen LogP contribution in [-0.4, -0.2) is 198 Å². The van der Waals surface area contributed by atoms with Gasteiger partial charge in [0.1, 0.15) is 6.10 Å². The normalized spacial score (nSPS) is 21.7. The zero-order valence-corrected chi connectivity index (χ0v) is 67.8. The maximum Gasteiger partial charge on any atom is 0.105 e. The molecule has 10 aliphatic rings. The van der Waals surface area contributed by atoms with Gasteiger partial charge in [0.25, 0.3) is 0 Å². The number of rotatable bonds is 42. The van der Waals surface area contributed by atoms with Gasteiger partial charge in [-0.1, -0.05) is 178 Å². The molecule has 4 aromatic carbocycles. The van der Waals surface area contributed by atoms with Crippen LogP contribution in [0.5, 0.6) is 0 Å². The zero-order chi connectivity index (χ0) is 75.7. The van der Waals surface area contributed by atoms with E-state index in [0.717, 1.165) is 235 Å². The van der Waals surface area contributed by atoms with Crippen LogP contribution >= 0.6 is 0 Å². The SMILES string of the molecule is CCC1(CC)COC1.CCC1(COCC(COCC2(CC)COC2)OCc2ccccc2)COC1.CCC1(COCC2(CC)COC2)COC1.CCC1(COCC2CC2)COC1.CCC1(COCc2ccc(-c3ccc(COCC4(CC)COC4)cc3)cc2)COC1.CCC1(COCc2ccccc2)COC1. The highest BCUT2D eigenvalue weighted by atomic mass is 16.6. The van der Waals surface area contributed by atoms with Gasteiger partial charge >= 0.3 is 0 Å². The maximum atomic E-state index is 6.12. The molecule has 107 heavy (non-hydrogen) atoms. The van der Waals surface area contributed by atoms with Crippen molar-refractivity contribution >= 4 is 0 Å². The Labute approximate surface area is 645 Å². The van der Waals surface area contributed by atoms with Crippen molar-refractivity contribution in [3.8, 4) is 11.1 Å². The highest BCUT2D eigenvalue weighted by Crippen LogP contribution is 2.40. The molecule has 0 atom stereocenters. The van der Waals surface area contributed by atoms with Gasteiger partial charge in [0.05, 0.1) is 211 Å². The van der Waals surface area contributed by atoms with Crippen LogP contribution < -0.4 is 0 Å². The third-order valence-electron chi connectivity index (χ3n) is 25.0. The largest absolute Gasteiger partial charge is 0.380 e. The van der Waals surface area contributed by atoms with Crippen LogP contribution in [0.2, 0.25) is 0 Å². The van der Waals surface area contributed by atoms with Gasteiger partial charge in [-0.15, -0.1) is 0 Å². The lowest BCUT2D eigenvalue weighted by atomic mass is 9.81. The van der Waals surface area contributed by atoms with Crippen LogP contribution in [-0.2, 0) is 107 Å². The summed E-state index contributed by atoms with van der Waals surface area (Å²) in [6.45, 7) is 48.8. The molecule has 0 amide bonds. The molecule has 4 aromatic rings. The Balaban J connectivity index is 0.000000156. The summed E-state index contributed by atoms with van der Waals surface area (Å²) in [5, 5.41) is 0. The Hall–Kier alpha value is -3.80. The van der Waals surface area contributed by atoms with Gasteiger partial charge in [0.15, 0.2) is 0 Å². The second-order valence-electron chi connectivity index (χ2n) is 33.7. The Morgan fingerprint density at radius 1 is 0.262 bits per heavy atom. The van der Waals surface area contributed by atoms with Gasteiger partial charge in [-0.2, -0.15) is 0 Å². The summed E-state index contributed by atoms with van der Waals surface area (Å²) in [4.78, 5) is 0. The van der Waals surface area contributed by atoms with E-state index in [4.69, 9.17) is 80.5 Å². The van der Waals surface area contributed by atoms with Crippen LogP contribution in [0.4, 0.5) is 0 Å². The Bertz CT molecular complexity index is 2820. The smallest absolute Gasteiger partial charge is 0.105 e. The molecule has 9 saturated heterocycles. The molecule has 1 aliphatic carbocycles. The molecule has 0 unspecified atom stereocenters. The minimum absolute atomic E-state index is 0.0741. The molecule has 17 heteroatoms. The molecule has 602 valence electrons. The fraction of sp³-hybridized carbons (Fsp3) is 0.733. The molecular formula is C90H140O17. The molecule has 10 fully saturated rings. The van der Waals surface area contributed by atoms with E-state index in [2.05, 4.69) is 142 Å². The van der Waals surface area contributed by atoms with E-state index in [1.165, 1.54) is 59.9 Å². The van der Waals surface area contributed by atoms with Crippen LogP contribution in [0.3, 0.4) is 0 Å². The van der Waals surface area contributed by atoms with E-state index in [1.54, 1.807) is 0 Å². The number of hydrogen-bond acceptors (Lipinski definition) is 17. The van der Waals surface area contributed by atoms with Crippen LogP contribution in [0.1, 0.15) is 169 Å². The molecule has 17 nitrogen and oxygen atoms in total. The maximum absolute atomic E-state index is 6.12. The summed E-state index contributed by atoms with van der Waals surface area (Å²) in [5.74, 6) is 0.889. The van der Waals surface area contributed by atoms with Crippen molar-refractivity contribution in [2.24, 2.45) is 54.7 Å². The first kappa shape index (κ1) is 87.2. The van der Waals surface area contributed by atoms with Crippen LogP contribution in [0.15, 0.2) is 109 Å². The molecule has 0 aromatic heterocycles. The average Bonchev–Trinajstić information content (AvgIpc) is 1.60. The lowest BCUT2D eigenvalue weighted by Crippen LogP contribution is -2.49. The Kier molecular flexibility index (Phi) is 35.9. The van der Waals surface area contributed by atoms with Gasteiger partial charge in [-0.05, 0) is 116 Å². The van der Waals surface area contributed by atoms with Crippen LogP contribution in [0, 0.1) is 54.7 Å². The lowest BCUT2D eigenvalue weighted by molar-refractivity contribution is -0.187. The predicted molar refractivity (Wildman–Crippen MR) is 420 cm³/mol. The van der Waals surface area contributed by atoms with E-state index in [-0.39, 0.29) is 27.8 Å². The Morgan fingerprint density at radius 2 is 0.495 bits per heavy atom. The summed E-state index contributed by atoms with van der Waals surface area (Å²) in [6, 6.07) is 37.9. The van der Waals surface area contributed by atoms with Gasteiger partial charge in [-0.25, -0.2) is 0 Å². The van der Waals surface area contributed by atoms with Crippen molar-refractivity contribution < 1.29 is 80.5 Å². The first-order valence-electron chi connectivity index (χ1n) is 41.2. The predicted octanol–water partition coefficient (Wildman–Crippen LogP) is 16.8. The standard InChI is InChI=1S/C26H34O4.C22H34O5.C13H18O2.C12H22O3.C10H18O2.C7H14O/c1-3-25(17-29-18-25)15-27-13-21-5-9-23(10-6-21)24-11-7-22(8-12-24)14-28-16-26(4-2)19-30-20-26;1-3-21(15-25-16-21)13-23-11-20(27-10-19-8-6-5-7-9-19)12-24-14-22(4-2)17-26-18-22;1-2-13(10-15-11-13)9-14-8-12-6-4-3-5-7-12;1-3-11(5-13-6-11)9-15-10-12(4-2)7-14-8-12;1-2-10(7-12-8-10)6-11-5-9-3-4-9;1-3-7(4-2)5-8-6-7/h5-12H,3-4,13-20H2,1-2H3;5-9,20H,3-4,10-18H2,1-2H3;3-7H,2,8-11H2,1H3;3-10H2,1-2H3;9H,2-8H2,1H3;3-6H2,1-2H3. The fourth-order valence-electron chi connectivity index (χ4n) is 13.6. The second-order valence-corrected chi connectivity index (χ2v) is 33.7. The lowest BCUT2D eigenvalue weighted by Gasteiger charge is -2.44. The van der Waals surface area contributed by atoms with Gasteiger partial charge < -0.3 is 80.5 Å². The van der Waals surface area contributed by atoms with Gasteiger partial charge in [-0.3, -0.25) is 0 Å². The molecule has 0 radical (unpaired) electrons. The van der Waals surface area contributed by atoms with Crippen molar-refractivity contribution in [1.29, 1.82) is 0 Å². The Morgan fingerprint density at radius 3 is 0.729 bits per heavy atom. The third kappa shape index (κ3) is 26.7. The van der Waals surface area contributed by atoms with E-state index >= 15 is 0 Å². The fourth-order valence-corrected chi connectivity index (χ4v) is 13.6. The topological polar surface area (TPSA) is 157 Å². The van der Waals surface area contributed by atoms with Crippen molar-refractivity contribution in [2.45, 2.75) is 179 Å². The summed E-state index contributed by atoms with van der Waals surface area (Å²) in [7, 11) is 0. The molecule has 9 heterocycles. The number of ether oxygens (including phenoxy) is 17. The van der Waals surface area contributed by atoms with E-state index in [1.807, 2.05) is 36.4 Å². The highest BCUT2D eigenvalue weighted by molar-refractivity contribution is 5.64. The van der Waals surface area contributed by atoms with E-state index in [0.29, 0.717) is 66.7 Å². The summed E-state index contributed by atoms with van der Waals surface area (Å²) >= 11 is 0. The van der Waals surface area contributed by atoms with Crippen molar-refractivity contribution in [3.05, 3.63) is 131 Å². The third-order valence-corrected chi connectivity index (χ3v) is 25.0. The van der Waals surface area contributed by atoms with E-state index < -0.39 is 0 Å². The second kappa shape index (κ2) is 44.0. The molecule has 0 bridgehead atoms. The van der Waals surface area contributed by atoms with Crippen LogP contribution in [0.25, 0.3) is 11.1 Å². The highest BCUT2D eigenvalue weighted by Gasteiger charge is 2.44. The quantitative estimate of drug-likeness (QED) is 0.0412. The molecule has 14 rings (SSSR count). The van der Waals surface area contributed by atoms with Gasteiger partial charge in [0, 0.05) is 55.3 Å². The minimum atomic E-state index is -0.0741. The van der Waals surface area contributed by atoms with Crippen molar-refractivity contribution in [3.63, 3.8) is 0 Å². The molecule has 0 spiro atoms. The zero-order valence-electron chi connectivity index (χ0n) is 67.8. The van der Waals surface area contributed by atoms with Crippen molar-refractivity contribution in [2.75, 3.05) is 192 Å². The summed E-state index contributed by atoms with van der Waals surface area (Å²) < 4.78 is 95.0.